The smallest absolute Gasteiger partial charge is 0.249 e. The topological polar surface area (TPSA) is 82.6 Å². The molecule has 0 aromatic heterocycles. The van der Waals surface area contributed by atoms with Crippen molar-refractivity contribution in [2.24, 2.45) is 4.99 Å². The van der Waals surface area contributed by atoms with Crippen molar-refractivity contribution in [2.45, 2.75) is 12.5 Å². The Bertz CT molecular complexity index is 840. The number of aliphatic imine (C=N–C) groups is 1. The van der Waals surface area contributed by atoms with Crippen LogP contribution in [0.2, 0.25) is 10.0 Å². The van der Waals surface area contributed by atoms with Crippen LogP contribution in [0.5, 0.6) is 0 Å². The molecule has 0 saturated carbocycles. The number of nitrogens with zero attached hydrogens (tertiary/aromatic N) is 1. The minimum absolute atomic E-state index is 0.0516. The third kappa shape index (κ3) is 4.29. The highest BCUT2D eigenvalue weighted by Crippen LogP contribution is 2.29. The molecule has 1 aliphatic heterocycles. The van der Waals surface area contributed by atoms with Crippen molar-refractivity contribution in [1.29, 1.82) is 0 Å². The minimum atomic E-state index is -0.866. The first kappa shape index (κ1) is 17.3. The van der Waals surface area contributed by atoms with Gasteiger partial charge in [0.05, 0.1) is 22.2 Å². The third-order valence-electron chi connectivity index (χ3n) is 3.47. The van der Waals surface area contributed by atoms with Crippen LogP contribution in [0.25, 0.3) is 0 Å². The van der Waals surface area contributed by atoms with Crippen LogP contribution < -0.4 is 16.0 Å². The summed E-state index contributed by atoms with van der Waals surface area (Å²) in [4.78, 5) is 28.6. The van der Waals surface area contributed by atoms with Crippen molar-refractivity contribution in [1.82, 2.24) is 5.32 Å². The van der Waals surface area contributed by atoms with E-state index in [9.17, 15) is 9.59 Å². The molecule has 2 amide bonds. The molecular formula is C17H14Cl2N4O2. The van der Waals surface area contributed by atoms with Gasteiger partial charge < -0.3 is 10.6 Å². The van der Waals surface area contributed by atoms with Crippen LogP contribution in [0, 0.1) is 0 Å². The Kier molecular flexibility index (Phi) is 5.21. The second-order valence-electron chi connectivity index (χ2n) is 5.33. The molecule has 128 valence electrons. The number of amides is 2. The highest BCUT2D eigenvalue weighted by Gasteiger charge is 2.27. The lowest BCUT2D eigenvalue weighted by atomic mass is 10.1. The molecule has 0 spiro atoms. The number of para-hydroxylation sites is 1. The molecule has 1 atom stereocenters. The van der Waals surface area contributed by atoms with Gasteiger partial charge in [-0.05, 0) is 24.3 Å². The molecule has 1 aliphatic rings. The largest absolute Gasteiger partial charge is 0.326 e. The van der Waals surface area contributed by atoms with Gasteiger partial charge in [0.1, 0.15) is 6.04 Å². The highest BCUT2D eigenvalue weighted by molar-refractivity contribution is 6.44. The first-order valence-corrected chi connectivity index (χ1v) is 8.23. The lowest BCUT2D eigenvalue weighted by Gasteiger charge is -2.21. The Hall–Kier alpha value is -2.57. The number of anilines is 2. The van der Waals surface area contributed by atoms with Crippen LogP contribution in [0.1, 0.15) is 6.42 Å². The van der Waals surface area contributed by atoms with Crippen LogP contribution in [0.3, 0.4) is 0 Å². The van der Waals surface area contributed by atoms with E-state index in [4.69, 9.17) is 23.2 Å². The molecule has 0 fully saturated rings. The van der Waals surface area contributed by atoms with E-state index in [2.05, 4.69) is 20.9 Å². The molecule has 0 saturated heterocycles. The van der Waals surface area contributed by atoms with Crippen molar-refractivity contribution >= 4 is 52.4 Å². The van der Waals surface area contributed by atoms with E-state index in [1.165, 1.54) is 0 Å². The van der Waals surface area contributed by atoms with Crippen LogP contribution in [-0.2, 0) is 9.59 Å². The number of carbonyl (C=O) groups is 2. The molecule has 0 unspecified atom stereocenters. The molecule has 3 rings (SSSR count). The van der Waals surface area contributed by atoms with Crippen molar-refractivity contribution in [3.05, 3.63) is 58.6 Å². The lowest BCUT2D eigenvalue weighted by molar-refractivity contribution is -0.124. The predicted molar refractivity (Wildman–Crippen MR) is 99.1 cm³/mol. The van der Waals surface area contributed by atoms with Gasteiger partial charge >= 0.3 is 0 Å². The van der Waals surface area contributed by atoms with E-state index in [1.54, 1.807) is 18.2 Å². The molecule has 1 heterocycles. The Balaban J connectivity index is 1.76. The number of halogens is 2. The van der Waals surface area contributed by atoms with Crippen LogP contribution in [0.4, 0.5) is 11.4 Å². The van der Waals surface area contributed by atoms with Crippen LogP contribution >= 0.6 is 23.2 Å². The quantitative estimate of drug-likeness (QED) is 0.768. The van der Waals surface area contributed by atoms with Crippen molar-refractivity contribution in [3.63, 3.8) is 0 Å². The van der Waals surface area contributed by atoms with Gasteiger partial charge in [-0.25, -0.2) is 4.99 Å². The predicted octanol–water partition coefficient (Wildman–Crippen LogP) is 3.29. The average molecular weight is 377 g/mol. The molecule has 0 bridgehead atoms. The van der Waals surface area contributed by atoms with Gasteiger partial charge in [-0.3, -0.25) is 14.9 Å². The van der Waals surface area contributed by atoms with Crippen molar-refractivity contribution in [2.75, 3.05) is 10.6 Å². The number of hydrogen-bond donors (Lipinski definition) is 3. The first-order valence-electron chi connectivity index (χ1n) is 7.47. The Morgan fingerprint density at radius 3 is 2.64 bits per heavy atom. The molecular weight excluding hydrogens is 363 g/mol. The van der Waals surface area contributed by atoms with Crippen LogP contribution in [-0.4, -0.2) is 23.8 Å². The number of rotatable bonds is 3. The third-order valence-corrected chi connectivity index (χ3v) is 4.29. The number of benzene rings is 2. The monoisotopic (exact) mass is 376 g/mol. The highest BCUT2D eigenvalue weighted by atomic mass is 35.5. The first-order chi connectivity index (χ1) is 12.0. The molecule has 2 aromatic carbocycles. The van der Waals surface area contributed by atoms with E-state index >= 15 is 0 Å². The maximum atomic E-state index is 12.4. The van der Waals surface area contributed by atoms with Gasteiger partial charge in [0.2, 0.25) is 17.8 Å². The lowest BCUT2D eigenvalue weighted by Crippen LogP contribution is -2.45. The zero-order chi connectivity index (χ0) is 17.8. The molecule has 25 heavy (non-hydrogen) atoms. The number of hydrogen-bond acceptors (Lipinski definition) is 4. The van der Waals surface area contributed by atoms with Crippen molar-refractivity contribution in [3.8, 4) is 0 Å². The Labute approximate surface area is 154 Å². The molecule has 3 N–H and O–H groups in total. The molecule has 8 heteroatoms. The summed E-state index contributed by atoms with van der Waals surface area (Å²) < 4.78 is 0. The fraction of sp³-hybridized carbons (Fsp3) is 0.118. The number of guanidine groups is 1. The van der Waals surface area contributed by atoms with Gasteiger partial charge in [0.25, 0.3) is 0 Å². The molecule has 0 aliphatic carbocycles. The van der Waals surface area contributed by atoms with Gasteiger partial charge in [-0.15, -0.1) is 0 Å². The van der Waals surface area contributed by atoms with Gasteiger partial charge in [0, 0.05) is 5.69 Å². The summed E-state index contributed by atoms with van der Waals surface area (Å²) >= 11 is 12.0. The zero-order valence-electron chi connectivity index (χ0n) is 12.9. The second-order valence-corrected chi connectivity index (χ2v) is 6.11. The summed E-state index contributed by atoms with van der Waals surface area (Å²) in [6.07, 6.45) is -0.0516. The average Bonchev–Trinajstić information content (AvgIpc) is 2.59. The summed E-state index contributed by atoms with van der Waals surface area (Å²) in [5, 5.41) is 8.80. The molecule has 6 nitrogen and oxygen atoms in total. The summed E-state index contributed by atoms with van der Waals surface area (Å²) in [7, 11) is 0. The fourth-order valence-corrected chi connectivity index (χ4v) is 2.63. The number of nitrogens with one attached hydrogen (secondary N) is 3. The van der Waals surface area contributed by atoms with E-state index in [1.807, 2.05) is 30.3 Å². The van der Waals surface area contributed by atoms with Gasteiger partial charge in [0.15, 0.2) is 0 Å². The standard InChI is InChI=1S/C17H14Cl2N4O2/c18-11-7-4-8-12(15(11)19)21-16(25)13-9-14(24)23-17(22-13)20-10-5-2-1-3-6-10/h1-8,13H,9H2,(H,21,25)(H2,20,22,23,24)/t13-/m1/s1. The van der Waals surface area contributed by atoms with E-state index < -0.39 is 11.9 Å². The van der Waals surface area contributed by atoms with E-state index in [0.717, 1.165) is 5.69 Å². The van der Waals surface area contributed by atoms with Gasteiger partial charge in [-0.1, -0.05) is 47.5 Å². The molecule has 0 radical (unpaired) electrons. The maximum Gasteiger partial charge on any atom is 0.249 e. The van der Waals surface area contributed by atoms with E-state index in [0.29, 0.717) is 10.7 Å². The summed E-state index contributed by atoms with van der Waals surface area (Å²) in [5.74, 6) is -0.517. The summed E-state index contributed by atoms with van der Waals surface area (Å²) in [5.41, 5.74) is 1.12. The maximum absolute atomic E-state index is 12.4. The van der Waals surface area contributed by atoms with Crippen molar-refractivity contribution < 1.29 is 9.59 Å². The summed E-state index contributed by atoms with van der Waals surface area (Å²) in [6, 6.07) is 13.3. The van der Waals surface area contributed by atoms with Gasteiger partial charge in [-0.2, -0.15) is 0 Å². The minimum Gasteiger partial charge on any atom is -0.326 e. The van der Waals surface area contributed by atoms with Crippen LogP contribution in [0.15, 0.2) is 53.5 Å². The second kappa shape index (κ2) is 7.55. The SMILES string of the molecule is O=C1C[C@H](C(=O)Nc2cccc(Cl)c2Cl)N=C(Nc2ccccc2)N1. The zero-order valence-corrected chi connectivity index (χ0v) is 14.4. The van der Waals surface area contributed by atoms with E-state index in [-0.39, 0.29) is 23.3 Å². The fourth-order valence-electron chi connectivity index (χ4n) is 2.28. The molecule has 2 aromatic rings. The normalized spacial score (nSPS) is 16.6. The Morgan fingerprint density at radius 1 is 1.12 bits per heavy atom. The number of carbonyl (C=O) groups excluding carboxylic acids is 2. The summed E-state index contributed by atoms with van der Waals surface area (Å²) in [6.45, 7) is 0. The Morgan fingerprint density at radius 2 is 1.88 bits per heavy atom.